The Morgan fingerprint density at radius 3 is 3.27 bits per heavy atom. The van der Waals surface area contributed by atoms with Crippen molar-refractivity contribution in [2.45, 2.75) is 6.54 Å². The largest absolute Gasteiger partial charge is 0.324 e. The van der Waals surface area contributed by atoms with E-state index in [9.17, 15) is 0 Å². The normalized spacial score (nSPS) is 10.6. The zero-order valence-electron chi connectivity index (χ0n) is 5.82. The van der Waals surface area contributed by atoms with Crippen LogP contribution in [0.5, 0.6) is 0 Å². The summed E-state index contributed by atoms with van der Waals surface area (Å²) in [5.74, 6) is 0.708. The molecule has 2 N–H and O–H groups in total. The van der Waals surface area contributed by atoms with E-state index in [-0.39, 0.29) is 0 Å². The van der Waals surface area contributed by atoms with Crippen molar-refractivity contribution in [3.63, 3.8) is 0 Å². The summed E-state index contributed by atoms with van der Waals surface area (Å²) in [6.45, 7) is 0.411. The third-order valence-corrected chi connectivity index (χ3v) is 2.26. The Hall–Kier alpha value is -1.00. The van der Waals surface area contributed by atoms with Gasteiger partial charge in [0, 0.05) is 11.6 Å². The van der Waals surface area contributed by atoms with Gasteiger partial charge < -0.3 is 5.73 Å². The molecular weight excluding hydrogens is 158 g/mol. The highest BCUT2D eigenvalue weighted by Crippen LogP contribution is 2.16. The first-order valence-electron chi connectivity index (χ1n) is 3.29. The number of hydrogen-bond acceptors (Lipinski definition) is 4. The van der Waals surface area contributed by atoms with Gasteiger partial charge in [0.05, 0.1) is 6.54 Å². The molecule has 2 rings (SSSR count). The minimum atomic E-state index is 0.411. The summed E-state index contributed by atoms with van der Waals surface area (Å²) >= 11 is 1.61. The molecule has 2 aromatic rings. The Bertz CT molecular complexity index is 368. The van der Waals surface area contributed by atoms with Crippen LogP contribution in [0.25, 0.3) is 10.2 Å². The zero-order valence-corrected chi connectivity index (χ0v) is 6.64. The third kappa shape index (κ3) is 1.10. The number of nitrogens with two attached hydrogens (primary N) is 1. The van der Waals surface area contributed by atoms with E-state index >= 15 is 0 Å². The van der Waals surface area contributed by atoms with Gasteiger partial charge in [-0.3, -0.25) is 0 Å². The summed E-state index contributed by atoms with van der Waals surface area (Å²) in [6.07, 6.45) is 1.81. The van der Waals surface area contributed by atoms with Gasteiger partial charge in [0.25, 0.3) is 0 Å². The monoisotopic (exact) mass is 165 g/mol. The Morgan fingerprint density at radius 1 is 1.55 bits per heavy atom. The van der Waals surface area contributed by atoms with Crippen molar-refractivity contribution in [3.05, 3.63) is 23.5 Å². The maximum Gasteiger partial charge on any atom is 0.143 e. The van der Waals surface area contributed by atoms with Crippen molar-refractivity contribution >= 4 is 21.6 Å². The van der Waals surface area contributed by atoms with E-state index in [0.29, 0.717) is 12.4 Å². The topological polar surface area (TPSA) is 51.8 Å². The van der Waals surface area contributed by atoms with Crippen molar-refractivity contribution < 1.29 is 0 Å². The molecule has 0 aromatic carbocycles. The Labute approximate surface area is 67.9 Å². The Balaban J connectivity index is 2.67. The van der Waals surface area contributed by atoms with E-state index in [1.807, 2.05) is 11.4 Å². The van der Waals surface area contributed by atoms with Crippen molar-refractivity contribution in [2.75, 3.05) is 0 Å². The smallest absolute Gasteiger partial charge is 0.143 e. The molecule has 2 aromatic heterocycles. The molecule has 0 aliphatic rings. The average molecular weight is 165 g/mol. The number of fused-ring (bicyclic) bond motifs is 1. The van der Waals surface area contributed by atoms with Crippen LogP contribution >= 0.6 is 11.3 Å². The van der Waals surface area contributed by atoms with Crippen LogP contribution in [-0.4, -0.2) is 9.97 Å². The summed E-state index contributed by atoms with van der Waals surface area (Å²) in [4.78, 5) is 9.32. The van der Waals surface area contributed by atoms with E-state index in [0.717, 1.165) is 10.2 Å². The van der Waals surface area contributed by atoms with Gasteiger partial charge >= 0.3 is 0 Å². The molecule has 0 saturated heterocycles. The fraction of sp³-hybridized carbons (Fsp3) is 0.143. The second kappa shape index (κ2) is 2.56. The number of hydrogen-bond donors (Lipinski definition) is 1. The minimum absolute atomic E-state index is 0.411. The molecule has 0 spiro atoms. The van der Waals surface area contributed by atoms with Gasteiger partial charge in [0.1, 0.15) is 10.7 Å². The molecule has 0 saturated carbocycles. The maximum absolute atomic E-state index is 5.39. The molecule has 2 heterocycles. The van der Waals surface area contributed by atoms with Gasteiger partial charge in [-0.05, 0) is 11.4 Å². The van der Waals surface area contributed by atoms with Crippen molar-refractivity contribution in [1.29, 1.82) is 0 Å². The summed E-state index contributed by atoms with van der Waals surface area (Å²) in [5.41, 5.74) is 5.39. The lowest BCUT2D eigenvalue weighted by atomic mass is 10.4. The molecule has 0 radical (unpaired) electrons. The molecule has 0 amide bonds. The highest BCUT2D eigenvalue weighted by atomic mass is 32.1. The van der Waals surface area contributed by atoms with Gasteiger partial charge in [-0.25, -0.2) is 9.97 Å². The molecule has 0 unspecified atom stereocenters. The SMILES string of the molecule is NCc1ncc2ccsc2n1. The Morgan fingerprint density at radius 2 is 2.45 bits per heavy atom. The van der Waals surface area contributed by atoms with Crippen LogP contribution in [0.4, 0.5) is 0 Å². The standard InChI is InChI=1S/C7H7N3S/c8-3-6-9-4-5-1-2-11-7(5)10-6/h1-2,4H,3,8H2. The van der Waals surface area contributed by atoms with E-state index in [1.165, 1.54) is 0 Å². The molecular formula is C7H7N3S. The molecule has 4 heteroatoms. The molecule has 0 bridgehead atoms. The number of thiophene rings is 1. The van der Waals surface area contributed by atoms with Gasteiger partial charge in [0.15, 0.2) is 0 Å². The fourth-order valence-electron chi connectivity index (χ4n) is 0.889. The van der Waals surface area contributed by atoms with E-state index in [2.05, 4.69) is 9.97 Å². The summed E-state index contributed by atoms with van der Waals surface area (Å²) in [7, 11) is 0. The predicted molar refractivity (Wildman–Crippen MR) is 45.3 cm³/mol. The molecule has 0 atom stereocenters. The lowest BCUT2D eigenvalue weighted by Gasteiger charge is -1.92. The molecule has 3 nitrogen and oxygen atoms in total. The van der Waals surface area contributed by atoms with Gasteiger partial charge in [-0.15, -0.1) is 11.3 Å². The van der Waals surface area contributed by atoms with Crippen LogP contribution in [0.3, 0.4) is 0 Å². The average Bonchev–Trinajstić information content (AvgIpc) is 2.50. The quantitative estimate of drug-likeness (QED) is 0.689. The number of nitrogens with zero attached hydrogens (tertiary/aromatic N) is 2. The fourth-order valence-corrected chi connectivity index (χ4v) is 1.65. The van der Waals surface area contributed by atoms with Gasteiger partial charge in [-0.1, -0.05) is 0 Å². The summed E-state index contributed by atoms with van der Waals surface area (Å²) in [5, 5.41) is 3.09. The van der Waals surface area contributed by atoms with Crippen molar-refractivity contribution in [3.8, 4) is 0 Å². The first kappa shape index (κ1) is 6.69. The highest BCUT2D eigenvalue weighted by Gasteiger charge is 1.97. The van der Waals surface area contributed by atoms with E-state index in [1.54, 1.807) is 17.5 Å². The van der Waals surface area contributed by atoms with Crippen LogP contribution in [0, 0.1) is 0 Å². The first-order chi connectivity index (χ1) is 5.40. The summed E-state index contributed by atoms with van der Waals surface area (Å²) in [6, 6.07) is 2.00. The van der Waals surface area contributed by atoms with E-state index < -0.39 is 0 Å². The van der Waals surface area contributed by atoms with Crippen LogP contribution in [-0.2, 0) is 6.54 Å². The van der Waals surface area contributed by atoms with Gasteiger partial charge in [0.2, 0.25) is 0 Å². The molecule has 11 heavy (non-hydrogen) atoms. The predicted octanol–water partition coefficient (Wildman–Crippen LogP) is 1.15. The third-order valence-electron chi connectivity index (χ3n) is 1.44. The lowest BCUT2D eigenvalue weighted by molar-refractivity contribution is 0.929. The van der Waals surface area contributed by atoms with Gasteiger partial charge in [-0.2, -0.15) is 0 Å². The number of rotatable bonds is 1. The lowest BCUT2D eigenvalue weighted by Crippen LogP contribution is -2.01. The van der Waals surface area contributed by atoms with Crippen LogP contribution in [0.2, 0.25) is 0 Å². The highest BCUT2D eigenvalue weighted by molar-refractivity contribution is 7.16. The first-order valence-corrected chi connectivity index (χ1v) is 4.17. The molecule has 0 aliphatic carbocycles. The van der Waals surface area contributed by atoms with Crippen LogP contribution < -0.4 is 5.73 Å². The molecule has 56 valence electrons. The zero-order chi connectivity index (χ0) is 7.68. The van der Waals surface area contributed by atoms with E-state index in [4.69, 9.17) is 5.73 Å². The second-order valence-electron chi connectivity index (χ2n) is 2.17. The maximum atomic E-state index is 5.39. The van der Waals surface area contributed by atoms with Crippen molar-refractivity contribution in [1.82, 2.24) is 9.97 Å². The molecule has 0 fully saturated rings. The minimum Gasteiger partial charge on any atom is -0.324 e. The van der Waals surface area contributed by atoms with Crippen LogP contribution in [0.1, 0.15) is 5.82 Å². The van der Waals surface area contributed by atoms with Crippen molar-refractivity contribution in [2.24, 2.45) is 5.73 Å². The number of aromatic nitrogens is 2. The molecule has 0 aliphatic heterocycles. The second-order valence-corrected chi connectivity index (χ2v) is 3.07. The van der Waals surface area contributed by atoms with Crippen LogP contribution in [0.15, 0.2) is 17.6 Å². The summed E-state index contributed by atoms with van der Waals surface area (Å²) < 4.78 is 0. The Kier molecular flexibility index (Phi) is 1.56.